The van der Waals surface area contributed by atoms with Crippen LogP contribution in [0.3, 0.4) is 0 Å². The Balaban J connectivity index is 1.82. The highest BCUT2D eigenvalue weighted by molar-refractivity contribution is 7.12. The summed E-state index contributed by atoms with van der Waals surface area (Å²) in [5, 5.41) is 2.96. The van der Waals surface area contributed by atoms with Gasteiger partial charge in [0.15, 0.2) is 0 Å². The van der Waals surface area contributed by atoms with Gasteiger partial charge in [-0.15, -0.1) is 11.3 Å². The molecule has 1 aromatic heterocycles. The van der Waals surface area contributed by atoms with Gasteiger partial charge in [0, 0.05) is 16.3 Å². The molecule has 0 radical (unpaired) electrons. The molecule has 2 heterocycles. The van der Waals surface area contributed by atoms with E-state index in [-0.39, 0.29) is 5.91 Å². The second kappa shape index (κ2) is 5.04. The van der Waals surface area contributed by atoms with Gasteiger partial charge in [-0.2, -0.15) is 0 Å². The first-order chi connectivity index (χ1) is 8.75. The molecule has 2 nitrogen and oxygen atoms in total. The summed E-state index contributed by atoms with van der Waals surface area (Å²) in [5.41, 5.74) is 2.26. The Hall–Kier alpha value is -0.830. The minimum absolute atomic E-state index is 0.153. The third kappa shape index (κ3) is 2.20. The fourth-order valence-electron chi connectivity index (χ4n) is 3.32. The van der Waals surface area contributed by atoms with E-state index in [0.29, 0.717) is 0 Å². The zero-order valence-electron chi connectivity index (χ0n) is 11.1. The summed E-state index contributed by atoms with van der Waals surface area (Å²) in [5.74, 6) is 1.01. The second-order valence-electron chi connectivity index (χ2n) is 5.66. The molecule has 3 rings (SSSR count). The fourth-order valence-corrected chi connectivity index (χ4v) is 4.75. The SMILES string of the molecule is Cc1c(CC2CCCCC2)sc2c1C(=O)NCC2. The van der Waals surface area contributed by atoms with Gasteiger partial charge in [-0.3, -0.25) is 4.79 Å². The Morgan fingerprint density at radius 2 is 2.06 bits per heavy atom. The summed E-state index contributed by atoms with van der Waals surface area (Å²) >= 11 is 1.90. The molecular formula is C15H21NOS. The summed E-state index contributed by atoms with van der Waals surface area (Å²) < 4.78 is 0. The van der Waals surface area contributed by atoms with Gasteiger partial charge in [0.25, 0.3) is 5.91 Å². The van der Waals surface area contributed by atoms with E-state index in [1.54, 1.807) is 0 Å². The quantitative estimate of drug-likeness (QED) is 0.870. The largest absolute Gasteiger partial charge is 0.352 e. The molecule has 98 valence electrons. The molecule has 3 heteroatoms. The van der Waals surface area contributed by atoms with E-state index in [2.05, 4.69) is 12.2 Å². The van der Waals surface area contributed by atoms with E-state index in [1.807, 2.05) is 11.3 Å². The predicted molar refractivity (Wildman–Crippen MR) is 75.4 cm³/mol. The van der Waals surface area contributed by atoms with Gasteiger partial charge in [0.05, 0.1) is 5.56 Å². The summed E-state index contributed by atoms with van der Waals surface area (Å²) in [6, 6.07) is 0. The molecule has 18 heavy (non-hydrogen) atoms. The van der Waals surface area contributed by atoms with E-state index in [4.69, 9.17) is 0 Å². The third-order valence-corrected chi connectivity index (χ3v) is 5.76. The first kappa shape index (κ1) is 12.2. The van der Waals surface area contributed by atoms with Crippen LogP contribution in [0, 0.1) is 12.8 Å². The number of rotatable bonds is 2. The van der Waals surface area contributed by atoms with Crippen molar-refractivity contribution in [2.45, 2.75) is 51.9 Å². The monoisotopic (exact) mass is 263 g/mol. The van der Waals surface area contributed by atoms with Crippen LogP contribution >= 0.6 is 11.3 Å². The lowest BCUT2D eigenvalue weighted by Gasteiger charge is -2.21. The van der Waals surface area contributed by atoms with Crippen LogP contribution < -0.4 is 5.32 Å². The smallest absolute Gasteiger partial charge is 0.252 e. The number of fused-ring (bicyclic) bond motifs is 1. The van der Waals surface area contributed by atoms with Crippen molar-refractivity contribution in [2.75, 3.05) is 6.54 Å². The number of carbonyl (C=O) groups is 1. The minimum Gasteiger partial charge on any atom is -0.352 e. The van der Waals surface area contributed by atoms with Crippen molar-refractivity contribution < 1.29 is 4.79 Å². The molecule has 1 amide bonds. The summed E-state index contributed by atoms with van der Waals surface area (Å²) in [4.78, 5) is 14.7. The van der Waals surface area contributed by atoms with Crippen molar-refractivity contribution in [1.82, 2.24) is 5.32 Å². The lowest BCUT2D eigenvalue weighted by molar-refractivity contribution is 0.0946. The number of nitrogens with one attached hydrogen (secondary N) is 1. The number of hydrogen-bond donors (Lipinski definition) is 1. The molecule has 0 saturated heterocycles. The highest BCUT2D eigenvalue weighted by Gasteiger charge is 2.25. The Labute approximate surface area is 113 Å². The molecule has 1 aliphatic carbocycles. The maximum absolute atomic E-state index is 11.9. The lowest BCUT2D eigenvalue weighted by atomic mass is 9.86. The van der Waals surface area contributed by atoms with Crippen LogP contribution in [0.2, 0.25) is 0 Å². The topological polar surface area (TPSA) is 29.1 Å². The number of amides is 1. The van der Waals surface area contributed by atoms with Crippen LogP contribution in [0.1, 0.15) is 57.8 Å². The van der Waals surface area contributed by atoms with Gasteiger partial charge in [-0.05, 0) is 31.2 Å². The molecule has 1 aromatic rings. The third-order valence-electron chi connectivity index (χ3n) is 4.38. The van der Waals surface area contributed by atoms with E-state index in [0.717, 1.165) is 24.4 Å². The molecular weight excluding hydrogens is 242 g/mol. The van der Waals surface area contributed by atoms with Crippen LogP contribution in [-0.4, -0.2) is 12.5 Å². The van der Waals surface area contributed by atoms with Crippen LogP contribution in [0.4, 0.5) is 0 Å². The van der Waals surface area contributed by atoms with Crippen LogP contribution in [0.5, 0.6) is 0 Å². The van der Waals surface area contributed by atoms with Gasteiger partial charge in [-0.25, -0.2) is 0 Å². The minimum atomic E-state index is 0.153. The van der Waals surface area contributed by atoms with Crippen molar-refractivity contribution in [3.8, 4) is 0 Å². The highest BCUT2D eigenvalue weighted by atomic mass is 32.1. The Bertz CT molecular complexity index is 457. The molecule has 0 aromatic carbocycles. The van der Waals surface area contributed by atoms with Crippen molar-refractivity contribution in [1.29, 1.82) is 0 Å². The standard InChI is InChI=1S/C15H21NOS/c1-10-13(9-11-5-3-2-4-6-11)18-12-7-8-16-15(17)14(10)12/h11H,2-9H2,1H3,(H,16,17). The van der Waals surface area contributed by atoms with Gasteiger partial charge >= 0.3 is 0 Å². The van der Waals surface area contributed by atoms with Gasteiger partial charge in [0.2, 0.25) is 0 Å². The number of thiophene rings is 1. The molecule has 2 aliphatic rings. The first-order valence-electron chi connectivity index (χ1n) is 7.15. The Morgan fingerprint density at radius 1 is 1.28 bits per heavy atom. The molecule has 0 unspecified atom stereocenters. The van der Waals surface area contributed by atoms with Crippen LogP contribution in [-0.2, 0) is 12.8 Å². The average Bonchev–Trinajstić information content (AvgIpc) is 2.69. The van der Waals surface area contributed by atoms with E-state index < -0.39 is 0 Å². The average molecular weight is 263 g/mol. The van der Waals surface area contributed by atoms with E-state index in [1.165, 1.54) is 53.8 Å². The molecule has 0 spiro atoms. The molecule has 1 N–H and O–H groups in total. The highest BCUT2D eigenvalue weighted by Crippen LogP contribution is 2.35. The zero-order valence-corrected chi connectivity index (χ0v) is 11.9. The second-order valence-corrected chi connectivity index (χ2v) is 6.85. The van der Waals surface area contributed by atoms with Gasteiger partial charge in [0.1, 0.15) is 0 Å². The molecule has 0 bridgehead atoms. The molecule has 0 atom stereocenters. The Morgan fingerprint density at radius 3 is 2.78 bits per heavy atom. The molecule has 1 fully saturated rings. The van der Waals surface area contributed by atoms with Crippen LogP contribution in [0.15, 0.2) is 0 Å². The van der Waals surface area contributed by atoms with Crippen LogP contribution in [0.25, 0.3) is 0 Å². The van der Waals surface area contributed by atoms with Crippen molar-refractivity contribution in [2.24, 2.45) is 5.92 Å². The molecule has 1 aliphatic heterocycles. The summed E-state index contributed by atoms with van der Waals surface area (Å²) in [6.45, 7) is 2.95. The van der Waals surface area contributed by atoms with Crippen molar-refractivity contribution in [3.05, 3.63) is 20.9 Å². The first-order valence-corrected chi connectivity index (χ1v) is 7.96. The maximum atomic E-state index is 11.9. The van der Waals surface area contributed by atoms with Gasteiger partial charge in [-0.1, -0.05) is 32.1 Å². The van der Waals surface area contributed by atoms with Crippen molar-refractivity contribution >= 4 is 17.2 Å². The fraction of sp³-hybridized carbons (Fsp3) is 0.667. The van der Waals surface area contributed by atoms with Crippen molar-refractivity contribution in [3.63, 3.8) is 0 Å². The summed E-state index contributed by atoms with van der Waals surface area (Å²) in [6.07, 6.45) is 9.21. The molecule has 1 saturated carbocycles. The van der Waals surface area contributed by atoms with Gasteiger partial charge < -0.3 is 5.32 Å². The zero-order chi connectivity index (χ0) is 12.5. The normalized spacial score (nSPS) is 20.6. The number of hydrogen-bond acceptors (Lipinski definition) is 2. The lowest BCUT2D eigenvalue weighted by Crippen LogP contribution is -2.31. The maximum Gasteiger partial charge on any atom is 0.252 e. The Kier molecular flexibility index (Phi) is 3.42. The van der Waals surface area contributed by atoms with E-state index >= 15 is 0 Å². The van der Waals surface area contributed by atoms with E-state index in [9.17, 15) is 4.79 Å². The number of carbonyl (C=O) groups excluding carboxylic acids is 1. The predicted octanol–water partition coefficient (Wildman–Crippen LogP) is 3.47. The summed E-state index contributed by atoms with van der Waals surface area (Å²) in [7, 11) is 0.